The number of fused-ring (bicyclic) bond motifs is 1. The normalized spacial score (nSPS) is 32.4. The summed E-state index contributed by atoms with van der Waals surface area (Å²) in [6, 6.07) is 0.669. The molecule has 0 spiro atoms. The van der Waals surface area contributed by atoms with Crippen LogP contribution in [0.15, 0.2) is 0 Å². The topological polar surface area (TPSA) is 50.4 Å². The zero-order chi connectivity index (χ0) is 13.7. The molecule has 110 valence electrons. The third kappa shape index (κ3) is 4.18. The summed E-state index contributed by atoms with van der Waals surface area (Å²) in [5, 5.41) is 6.62. The fraction of sp³-hybridized carbons (Fsp3) is 0.933. The quantitative estimate of drug-likeness (QED) is 0.800. The highest BCUT2D eigenvalue weighted by Crippen LogP contribution is 2.32. The van der Waals surface area contributed by atoms with Crippen LogP contribution in [0.5, 0.6) is 0 Å². The number of ether oxygens (including phenoxy) is 1. The molecule has 2 fully saturated rings. The van der Waals surface area contributed by atoms with Crippen molar-refractivity contribution in [3.8, 4) is 0 Å². The summed E-state index contributed by atoms with van der Waals surface area (Å²) in [6.45, 7) is 5.27. The van der Waals surface area contributed by atoms with E-state index in [-0.39, 0.29) is 18.0 Å². The van der Waals surface area contributed by atoms with Gasteiger partial charge < -0.3 is 15.4 Å². The third-order valence-corrected chi connectivity index (χ3v) is 4.43. The van der Waals surface area contributed by atoms with Gasteiger partial charge in [0.2, 0.25) is 5.91 Å². The van der Waals surface area contributed by atoms with E-state index in [0.29, 0.717) is 19.3 Å². The molecule has 0 aromatic heterocycles. The van der Waals surface area contributed by atoms with Gasteiger partial charge in [0, 0.05) is 18.7 Å². The number of hydrogen-bond acceptors (Lipinski definition) is 3. The number of nitrogens with one attached hydrogen (secondary N) is 2. The second-order valence-corrected chi connectivity index (χ2v) is 6.02. The summed E-state index contributed by atoms with van der Waals surface area (Å²) in [4.78, 5) is 12.2. The van der Waals surface area contributed by atoms with Crippen molar-refractivity contribution >= 4 is 5.91 Å². The molecule has 0 radical (unpaired) electrons. The lowest BCUT2D eigenvalue weighted by atomic mass is 9.77. The molecule has 1 heterocycles. The van der Waals surface area contributed by atoms with Crippen LogP contribution in [0.2, 0.25) is 0 Å². The van der Waals surface area contributed by atoms with Crippen molar-refractivity contribution in [1.29, 1.82) is 0 Å². The Morgan fingerprint density at radius 1 is 1.32 bits per heavy atom. The van der Waals surface area contributed by atoms with Gasteiger partial charge in [0.25, 0.3) is 0 Å². The van der Waals surface area contributed by atoms with E-state index in [1.54, 1.807) is 0 Å². The minimum atomic E-state index is 0.00317. The van der Waals surface area contributed by atoms with Gasteiger partial charge in [0.05, 0.1) is 12.6 Å². The third-order valence-electron chi connectivity index (χ3n) is 4.43. The van der Waals surface area contributed by atoms with Crippen LogP contribution in [0.25, 0.3) is 0 Å². The maximum absolute atomic E-state index is 12.2. The second-order valence-electron chi connectivity index (χ2n) is 6.02. The standard InChI is InChI=1S/C15H28N2O2/c1-3-19-10-11(2)16-15(18)14-9-8-12-6-4-5-7-13(12)17-14/h11-14,17H,3-10H2,1-2H3,(H,16,18). The zero-order valence-corrected chi connectivity index (χ0v) is 12.3. The lowest BCUT2D eigenvalue weighted by molar-refractivity contribution is -0.125. The molecule has 1 aliphatic carbocycles. The van der Waals surface area contributed by atoms with Crippen LogP contribution >= 0.6 is 0 Å². The molecule has 0 bridgehead atoms. The van der Waals surface area contributed by atoms with Gasteiger partial charge in [-0.3, -0.25) is 4.79 Å². The number of piperidine rings is 1. The van der Waals surface area contributed by atoms with Crippen molar-refractivity contribution < 1.29 is 9.53 Å². The molecule has 4 atom stereocenters. The summed E-state index contributed by atoms with van der Waals surface area (Å²) < 4.78 is 5.33. The van der Waals surface area contributed by atoms with Gasteiger partial charge in [-0.25, -0.2) is 0 Å². The smallest absolute Gasteiger partial charge is 0.237 e. The second kappa shape index (κ2) is 7.25. The highest BCUT2D eigenvalue weighted by atomic mass is 16.5. The fourth-order valence-corrected chi connectivity index (χ4v) is 3.38. The predicted molar refractivity (Wildman–Crippen MR) is 76.0 cm³/mol. The van der Waals surface area contributed by atoms with Gasteiger partial charge in [-0.1, -0.05) is 12.8 Å². The summed E-state index contributed by atoms with van der Waals surface area (Å²) in [6.07, 6.45) is 7.44. The number of carbonyl (C=O) groups is 1. The van der Waals surface area contributed by atoms with Gasteiger partial charge in [-0.2, -0.15) is 0 Å². The molecule has 4 nitrogen and oxygen atoms in total. The average molecular weight is 268 g/mol. The Labute approximate surface area is 116 Å². The summed E-state index contributed by atoms with van der Waals surface area (Å²) >= 11 is 0. The van der Waals surface area contributed by atoms with Crippen molar-refractivity contribution in [2.45, 2.75) is 70.5 Å². The van der Waals surface area contributed by atoms with E-state index in [9.17, 15) is 4.79 Å². The van der Waals surface area contributed by atoms with E-state index in [0.717, 1.165) is 12.3 Å². The SMILES string of the molecule is CCOCC(C)NC(=O)C1CCC2CCCCC2N1. The fourth-order valence-electron chi connectivity index (χ4n) is 3.38. The monoisotopic (exact) mass is 268 g/mol. The lowest BCUT2D eigenvalue weighted by Crippen LogP contribution is -2.56. The van der Waals surface area contributed by atoms with Crippen molar-refractivity contribution in [1.82, 2.24) is 10.6 Å². The molecule has 1 saturated carbocycles. The van der Waals surface area contributed by atoms with Crippen molar-refractivity contribution in [2.75, 3.05) is 13.2 Å². The molecule has 0 aromatic rings. The maximum Gasteiger partial charge on any atom is 0.237 e. The molecule has 4 unspecified atom stereocenters. The lowest BCUT2D eigenvalue weighted by Gasteiger charge is -2.40. The maximum atomic E-state index is 12.2. The Morgan fingerprint density at radius 3 is 2.89 bits per heavy atom. The molecule has 19 heavy (non-hydrogen) atoms. The average Bonchev–Trinajstić information content (AvgIpc) is 2.44. The number of carbonyl (C=O) groups excluding carboxylic acids is 1. The first-order chi connectivity index (χ1) is 9.20. The van der Waals surface area contributed by atoms with Gasteiger partial charge in [0.15, 0.2) is 0 Å². The van der Waals surface area contributed by atoms with E-state index in [1.807, 2.05) is 13.8 Å². The molecule has 2 rings (SSSR count). The summed E-state index contributed by atoms with van der Waals surface area (Å²) in [7, 11) is 0. The van der Waals surface area contributed by atoms with Gasteiger partial charge in [0.1, 0.15) is 0 Å². The van der Waals surface area contributed by atoms with Crippen molar-refractivity contribution in [3.63, 3.8) is 0 Å². The first kappa shape index (κ1) is 14.8. The highest BCUT2D eigenvalue weighted by molar-refractivity contribution is 5.82. The summed E-state index contributed by atoms with van der Waals surface area (Å²) in [5.74, 6) is 0.954. The molecule has 4 heteroatoms. The van der Waals surface area contributed by atoms with Crippen LogP contribution in [-0.4, -0.2) is 37.2 Å². The molecule has 1 aliphatic heterocycles. The Morgan fingerprint density at radius 2 is 2.11 bits per heavy atom. The van der Waals surface area contributed by atoms with E-state index < -0.39 is 0 Å². The van der Waals surface area contributed by atoms with Crippen molar-refractivity contribution in [2.24, 2.45) is 5.92 Å². The minimum Gasteiger partial charge on any atom is -0.380 e. The van der Waals surface area contributed by atoms with Crippen LogP contribution in [0.4, 0.5) is 0 Å². The van der Waals surface area contributed by atoms with Crippen LogP contribution in [0, 0.1) is 5.92 Å². The van der Waals surface area contributed by atoms with E-state index in [1.165, 1.54) is 32.1 Å². The van der Waals surface area contributed by atoms with E-state index in [4.69, 9.17) is 4.74 Å². The largest absolute Gasteiger partial charge is 0.380 e. The van der Waals surface area contributed by atoms with Crippen LogP contribution in [0.3, 0.4) is 0 Å². The number of amides is 1. The van der Waals surface area contributed by atoms with Crippen molar-refractivity contribution in [3.05, 3.63) is 0 Å². The van der Waals surface area contributed by atoms with Crippen LogP contribution in [-0.2, 0) is 9.53 Å². The van der Waals surface area contributed by atoms with E-state index >= 15 is 0 Å². The molecule has 1 saturated heterocycles. The van der Waals surface area contributed by atoms with Gasteiger partial charge in [-0.15, -0.1) is 0 Å². The zero-order valence-electron chi connectivity index (χ0n) is 12.3. The number of hydrogen-bond donors (Lipinski definition) is 2. The van der Waals surface area contributed by atoms with Gasteiger partial charge >= 0.3 is 0 Å². The molecule has 0 aromatic carbocycles. The highest BCUT2D eigenvalue weighted by Gasteiger charge is 2.34. The molecular formula is C15H28N2O2. The molecule has 2 N–H and O–H groups in total. The molecule has 1 amide bonds. The summed E-state index contributed by atoms with van der Waals surface area (Å²) in [5.41, 5.74) is 0. The van der Waals surface area contributed by atoms with Crippen LogP contribution < -0.4 is 10.6 Å². The molecule has 2 aliphatic rings. The van der Waals surface area contributed by atoms with Gasteiger partial charge in [-0.05, 0) is 45.4 Å². The predicted octanol–water partition coefficient (Wildman–Crippen LogP) is 1.84. The Bertz CT molecular complexity index is 296. The first-order valence-corrected chi connectivity index (χ1v) is 7.85. The Kier molecular flexibility index (Phi) is 5.64. The van der Waals surface area contributed by atoms with E-state index in [2.05, 4.69) is 10.6 Å². The Hall–Kier alpha value is -0.610. The molecular weight excluding hydrogens is 240 g/mol. The minimum absolute atomic E-state index is 0.00317. The van der Waals surface area contributed by atoms with Crippen LogP contribution in [0.1, 0.15) is 52.4 Å². The Balaban J connectivity index is 1.76. The number of rotatable bonds is 5. The first-order valence-electron chi connectivity index (χ1n) is 7.85.